The van der Waals surface area contributed by atoms with E-state index in [2.05, 4.69) is 10.2 Å². The van der Waals surface area contributed by atoms with Gasteiger partial charge in [-0.3, -0.25) is 14.7 Å². The monoisotopic (exact) mass is 418 g/mol. The first-order valence-corrected chi connectivity index (χ1v) is 10.3. The average molecular weight is 418 g/mol. The Kier molecular flexibility index (Phi) is 5.75. The number of likely N-dealkylation sites (tertiary alicyclic amines) is 1. The molecule has 3 aromatic rings. The number of benzene rings is 2. The lowest BCUT2D eigenvalue weighted by molar-refractivity contribution is 0.0735. The zero-order valence-corrected chi connectivity index (χ0v) is 18.0. The van der Waals surface area contributed by atoms with E-state index in [-0.39, 0.29) is 17.9 Å². The van der Waals surface area contributed by atoms with Crippen LogP contribution in [-0.4, -0.2) is 59.6 Å². The van der Waals surface area contributed by atoms with Gasteiger partial charge in [-0.2, -0.15) is 5.10 Å². The van der Waals surface area contributed by atoms with E-state index in [1.807, 2.05) is 41.3 Å². The van der Waals surface area contributed by atoms with E-state index >= 15 is 0 Å². The van der Waals surface area contributed by atoms with Crippen LogP contribution in [0.15, 0.2) is 54.9 Å². The lowest BCUT2D eigenvalue weighted by atomic mass is 10.0. The summed E-state index contributed by atoms with van der Waals surface area (Å²) >= 11 is 0. The van der Waals surface area contributed by atoms with Crippen LogP contribution in [0.5, 0.6) is 5.75 Å². The molecule has 160 valence electrons. The van der Waals surface area contributed by atoms with Crippen LogP contribution in [0.25, 0.3) is 11.1 Å². The van der Waals surface area contributed by atoms with Gasteiger partial charge in [0.15, 0.2) is 0 Å². The number of ether oxygens (including phenoxy) is 1. The number of amides is 2. The second-order valence-electron chi connectivity index (χ2n) is 7.88. The number of H-pyrrole nitrogens is 1. The highest BCUT2D eigenvalue weighted by atomic mass is 16.5. The Morgan fingerprint density at radius 2 is 2.00 bits per heavy atom. The molecular formula is C24H26N4O3. The summed E-state index contributed by atoms with van der Waals surface area (Å²) in [6, 6.07) is 13.0. The molecule has 0 saturated carbocycles. The molecule has 0 bridgehead atoms. The summed E-state index contributed by atoms with van der Waals surface area (Å²) < 4.78 is 5.54. The molecule has 0 radical (unpaired) electrons. The summed E-state index contributed by atoms with van der Waals surface area (Å²) in [4.78, 5) is 29.2. The molecule has 7 heteroatoms. The van der Waals surface area contributed by atoms with E-state index in [0.29, 0.717) is 23.4 Å². The molecule has 1 aromatic heterocycles. The van der Waals surface area contributed by atoms with Gasteiger partial charge in [0.05, 0.1) is 19.3 Å². The van der Waals surface area contributed by atoms with Crippen molar-refractivity contribution in [3.8, 4) is 16.9 Å². The summed E-state index contributed by atoms with van der Waals surface area (Å²) in [5, 5.41) is 6.78. The van der Waals surface area contributed by atoms with Crippen LogP contribution in [0.4, 0.5) is 0 Å². The first-order valence-electron chi connectivity index (χ1n) is 10.3. The zero-order chi connectivity index (χ0) is 22.0. The fourth-order valence-corrected chi connectivity index (χ4v) is 4.12. The minimum Gasteiger partial charge on any atom is -0.496 e. The van der Waals surface area contributed by atoms with Crippen molar-refractivity contribution in [2.45, 2.75) is 18.9 Å². The highest BCUT2D eigenvalue weighted by Crippen LogP contribution is 2.35. The van der Waals surface area contributed by atoms with Gasteiger partial charge in [0.25, 0.3) is 11.8 Å². The number of methoxy groups -OCH3 is 1. The minimum atomic E-state index is -0.0537. The Hall–Kier alpha value is -3.61. The van der Waals surface area contributed by atoms with Crippen molar-refractivity contribution in [3.63, 3.8) is 0 Å². The maximum absolute atomic E-state index is 13.4. The molecule has 2 aromatic carbocycles. The topological polar surface area (TPSA) is 78.5 Å². The molecule has 7 nitrogen and oxygen atoms in total. The maximum Gasteiger partial charge on any atom is 0.254 e. The molecule has 2 amide bonds. The first kappa shape index (κ1) is 20.7. The number of hydrogen-bond acceptors (Lipinski definition) is 4. The summed E-state index contributed by atoms with van der Waals surface area (Å²) in [5.41, 5.74) is 3.97. The first-order chi connectivity index (χ1) is 15.0. The Bertz CT molecular complexity index is 1090. The quantitative estimate of drug-likeness (QED) is 0.684. The van der Waals surface area contributed by atoms with Crippen molar-refractivity contribution in [2.75, 3.05) is 27.7 Å². The molecule has 0 aliphatic carbocycles. The number of aromatic nitrogens is 2. The maximum atomic E-state index is 13.4. The average Bonchev–Trinajstić information content (AvgIpc) is 3.50. The molecule has 0 spiro atoms. The fraction of sp³-hybridized carbons (Fsp3) is 0.292. The van der Waals surface area contributed by atoms with Gasteiger partial charge < -0.3 is 14.5 Å². The van der Waals surface area contributed by atoms with Crippen LogP contribution < -0.4 is 4.74 Å². The smallest absolute Gasteiger partial charge is 0.254 e. The normalized spacial score (nSPS) is 15.7. The highest BCUT2D eigenvalue weighted by Gasteiger charge is 2.31. The largest absolute Gasteiger partial charge is 0.496 e. The van der Waals surface area contributed by atoms with Crippen LogP contribution in [-0.2, 0) is 0 Å². The molecular weight excluding hydrogens is 392 g/mol. The van der Waals surface area contributed by atoms with E-state index in [4.69, 9.17) is 4.74 Å². The van der Waals surface area contributed by atoms with Gasteiger partial charge in [-0.05, 0) is 48.7 Å². The van der Waals surface area contributed by atoms with Crippen LogP contribution in [0.3, 0.4) is 0 Å². The van der Waals surface area contributed by atoms with E-state index in [0.717, 1.165) is 29.5 Å². The minimum absolute atomic E-state index is 0.0381. The van der Waals surface area contributed by atoms with Gasteiger partial charge in [-0.25, -0.2) is 0 Å². The molecule has 2 heterocycles. The standard InChI is InChI=1S/C24H26N4O3/c1-27(2)23(29)17-7-4-6-16(12-17)21-8-5-11-28(21)24(30)18-9-10-20(22(13-18)31-3)19-14-25-26-15-19/h4,6-7,9-10,12-15,21H,5,8,11H2,1-3H3,(H,25,26)/t21-/m1/s1. The van der Waals surface area contributed by atoms with Crippen LogP contribution in [0.1, 0.15) is 45.2 Å². The van der Waals surface area contributed by atoms with Gasteiger partial charge in [-0.1, -0.05) is 12.1 Å². The number of carbonyl (C=O) groups is 2. The van der Waals surface area contributed by atoms with Crippen molar-refractivity contribution in [2.24, 2.45) is 0 Å². The second-order valence-corrected chi connectivity index (χ2v) is 7.88. The molecule has 1 aliphatic rings. The van der Waals surface area contributed by atoms with Crippen LogP contribution in [0.2, 0.25) is 0 Å². The van der Waals surface area contributed by atoms with Crippen LogP contribution >= 0.6 is 0 Å². The summed E-state index contributed by atoms with van der Waals surface area (Å²) in [5.74, 6) is 0.544. The third-order valence-corrected chi connectivity index (χ3v) is 5.70. The van der Waals surface area contributed by atoms with Crippen LogP contribution in [0, 0.1) is 0 Å². The van der Waals surface area contributed by atoms with Crippen molar-refractivity contribution in [1.29, 1.82) is 0 Å². The molecule has 1 saturated heterocycles. The van der Waals surface area contributed by atoms with Gasteiger partial charge in [-0.15, -0.1) is 0 Å². The second kappa shape index (κ2) is 8.63. The van der Waals surface area contributed by atoms with E-state index in [1.54, 1.807) is 44.6 Å². The molecule has 31 heavy (non-hydrogen) atoms. The molecule has 4 rings (SSSR count). The molecule has 1 atom stereocenters. The van der Waals surface area contributed by atoms with Crippen molar-refractivity contribution >= 4 is 11.8 Å². The lowest BCUT2D eigenvalue weighted by Crippen LogP contribution is -2.30. The predicted molar refractivity (Wildman–Crippen MR) is 118 cm³/mol. The number of nitrogens with zero attached hydrogens (tertiary/aromatic N) is 3. The molecule has 1 N–H and O–H groups in total. The number of rotatable bonds is 5. The SMILES string of the molecule is COc1cc(C(=O)N2CCC[C@@H]2c2cccc(C(=O)N(C)C)c2)ccc1-c1cn[nH]c1. The van der Waals surface area contributed by atoms with E-state index in [1.165, 1.54) is 0 Å². The Morgan fingerprint density at radius 3 is 2.71 bits per heavy atom. The number of carbonyl (C=O) groups excluding carboxylic acids is 2. The third-order valence-electron chi connectivity index (χ3n) is 5.70. The Balaban J connectivity index is 1.62. The lowest BCUT2D eigenvalue weighted by Gasteiger charge is -2.26. The van der Waals surface area contributed by atoms with Gasteiger partial charge in [0.2, 0.25) is 0 Å². The molecule has 0 unspecified atom stereocenters. The highest BCUT2D eigenvalue weighted by molar-refractivity contribution is 5.96. The number of nitrogens with one attached hydrogen (secondary N) is 1. The predicted octanol–water partition coefficient (Wildman–Crippen LogP) is 3.76. The summed E-state index contributed by atoms with van der Waals surface area (Å²) in [6.07, 6.45) is 5.30. The Labute approximate surface area is 181 Å². The molecule has 1 aliphatic heterocycles. The van der Waals surface area contributed by atoms with E-state index in [9.17, 15) is 9.59 Å². The third kappa shape index (κ3) is 4.03. The van der Waals surface area contributed by atoms with E-state index < -0.39 is 0 Å². The summed E-state index contributed by atoms with van der Waals surface area (Å²) in [6.45, 7) is 0.682. The number of aromatic amines is 1. The van der Waals surface area contributed by atoms with Gasteiger partial charge in [0.1, 0.15) is 5.75 Å². The van der Waals surface area contributed by atoms with Gasteiger partial charge >= 0.3 is 0 Å². The fourth-order valence-electron chi connectivity index (χ4n) is 4.12. The van der Waals surface area contributed by atoms with Gasteiger partial charge in [0, 0.05) is 49.1 Å². The Morgan fingerprint density at radius 1 is 1.16 bits per heavy atom. The number of hydrogen-bond donors (Lipinski definition) is 1. The van der Waals surface area contributed by atoms with Crippen molar-refractivity contribution < 1.29 is 14.3 Å². The molecule has 1 fully saturated rings. The van der Waals surface area contributed by atoms with Crippen molar-refractivity contribution in [1.82, 2.24) is 20.0 Å². The van der Waals surface area contributed by atoms with Crippen molar-refractivity contribution in [3.05, 3.63) is 71.5 Å². The summed E-state index contributed by atoms with van der Waals surface area (Å²) in [7, 11) is 5.07. The zero-order valence-electron chi connectivity index (χ0n) is 18.0.